The molecule has 0 bridgehead atoms. The fourth-order valence-corrected chi connectivity index (χ4v) is 2.36. The molecule has 2 aromatic rings. The summed E-state index contributed by atoms with van der Waals surface area (Å²) in [5.74, 6) is -0.835. The highest BCUT2D eigenvalue weighted by molar-refractivity contribution is 5.90. The highest BCUT2D eigenvalue weighted by atomic mass is 19.1. The van der Waals surface area contributed by atoms with Crippen LogP contribution in [0, 0.1) is 0 Å². The Hall–Kier alpha value is -2.49. The van der Waals surface area contributed by atoms with E-state index in [1.807, 2.05) is 60.7 Å². The Bertz CT molecular complexity index is 628. The smallest absolute Gasteiger partial charge is 0.220 e. The van der Waals surface area contributed by atoms with Crippen molar-refractivity contribution in [2.45, 2.75) is 25.3 Å². The topological polar surface area (TPSA) is 46.2 Å². The van der Waals surface area contributed by atoms with Crippen molar-refractivity contribution in [1.29, 1.82) is 0 Å². The lowest BCUT2D eigenvalue weighted by atomic mass is 10.0. The fraction of sp³-hybridized carbons (Fsp3) is 0.263. The quantitative estimate of drug-likeness (QED) is 0.814. The van der Waals surface area contributed by atoms with Gasteiger partial charge in [-0.15, -0.1) is 0 Å². The third-order valence-electron chi connectivity index (χ3n) is 3.62. The van der Waals surface area contributed by atoms with Gasteiger partial charge in [-0.25, -0.2) is 4.39 Å². The van der Waals surface area contributed by atoms with Gasteiger partial charge in [0.2, 0.25) is 5.91 Å². The van der Waals surface area contributed by atoms with Gasteiger partial charge in [-0.2, -0.15) is 0 Å². The SMILES string of the molecule is O=C(CCc1ccccc1)N[C@@H](Cc1ccccc1)C(=O)CF. The number of rotatable bonds is 8. The Morgan fingerprint density at radius 3 is 2.04 bits per heavy atom. The molecule has 0 saturated heterocycles. The van der Waals surface area contributed by atoms with Crippen LogP contribution in [0.3, 0.4) is 0 Å². The van der Waals surface area contributed by atoms with Crippen LogP contribution in [-0.4, -0.2) is 24.4 Å². The predicted molar refractivity (Wildman–Crippen MR) is 87.8 cm³/mol. The van der Waals surface area contributed by atoms with E-state index in [1.54, 1.807) is 0 Å². The van der Waals surface area contributed by atoms with Gasteiger partial charge in [0.25, 0.3) is 0 Å². The lowest BCUT2D eigenvalue weighted by Crippen LogP contribution is -2.43. The Kier molecular flexibility index (Phi) is 6.48. The lowest BCUT2D eigenvalue weighted by molar-refractivity contribution is -0.128. The Morgan fingerprint density at radius 2 is 1.48 bits per heavy atom. The minimum absolute atomic E-state index is 0.239. The summed E-state index contributed by atoms with van der Waals surface area (Å²) in [5.41, 5.74) is 1.95. The zero-order valence-electron chi connectivity index (χ0n) is 12.9. The highest BCUT2D eigenvalue weighted by Crippen LogP contribution is 2.06. The van der Waals surface area contributed by atoms with Gasteiger partial charge < -0.3 is 5.32 Å². The summed E-state index contributed by atoms with van der Waals surface area (Å²) < 4.78 is 12.7. The normalized spacial score (nSPS) is 11.7. The van der Waals surface area contributed by atoms with Gasteiger partial charge in [0, 0.05) is 6.42 Å². The van der Waals surface area contributed by atoms with Gasteiger partial charge in [-0.05, 0) is 24.0 Å². The fourth-order valence-electron chi connectivity index (χ4n) is 2.36. The molecular formula is C19H20FNO2. The van der Waals surface area contributed by atoms with E-state index in [1.165, 1.54) is 0 Å². The number of hydrogen-bond acceptors (Lipinski definition) is 2. The molecule has 23 heavy (non-hydrogen) atoms. The molecule has 1 N–H and O–H groups in total. The van der Waals surface area contributed by atoms with Crippen molar-refractivity contribution in [3.8, 4) is 0 Å². The van der Waals surface area contributed by atoms with Crippen LogP contribution < -0.4 is 5.32 Å². The molecule has 3 nitrogen and oxygen atoms in total. The summed E-state index contributed by atoms with van der Waals surface area (Å²) in [7, 11) is 0. The first-order chi connectivity index (χ1) is 11.2. The van der Waals surface area contributed by atoms with Gasteiger partial charge in [0.15, 0.2) is 5.78 Å². The van der Waals surface area contributed by atoms with Crippen molar-refractivity contribution in [2.75, 3.05) is 6.67 Å². The number of benzene rings is 2. The van der Waals surface area contributed by atoms with Crippen LogP contribution in [-0.2, 0) is 22.4 Å². The largest absolute Gasteiger partial charge is 0.346 e. The van der Waals surface area contributed by atoms with Gasteiger partial charge in [-0.1, -0.05) is 60.7 Å². The molecular weight excluding hydrogens is 293 g/mol. The first kappa shape index (κ1) is 16.9. The number of carbonyl (C=O) groups is 2. The van der Waals surface area contributed by atoms with Crippen molar-refractivity contribution in [1.82, 2.24) is 5.32 Å². The second-order valence-corrected chi connectivity index (χ2v) is 5.40. The molecule has 0 aliphatic rings. The average Bonchev–Trinajstić information content (AvgIpc) is 2.60. The van der Waals surface area contributed by atoms with Crippen LogP contribution in [0.1, 0.15) is 17.5 Å². The van der Waals surface area contributed by atoms with Crippen LogP contribution in [0.15, 0.2) is 60.7 Å². The molecule has 0 spiro atoms. The number of Topliss-reactive ketones (excluding diaryl/α,β-unsaturated/α-hetero) is 1. The van der Waals surface area contributed by atoms with Crippen molar-refractivity contribution in [2.24, 2.45) is 0 Å². The first-order valence-electron chi connectivity index (χ1n) is 7.65. The summed E-state index contributed by atoms with van der Waals surface area (Å²) in [6.45, 7) is -1.07. The standard InChI is InChI=1S/C19H20FNO2/c20-14-18(22)17(13-16-9-5-2-6-10-16)21-19(23)12-11-15-7-3-1-4-8-15/h1-10,17H,11-14H2,(H,21,23)/t17-/m0/s1. The van der Waals surface area contributed by atoms with Crippen molar-refractivity contribution >= 4 is 11.7 Å². The summed E-state index contributed by atoms with van der Waals surface area (Å²) >= 11 is 0. The van der Waals surface area contributed by atoms with Gasteiger partial charge in [0.1, 0.15) is 6.67 Å². The monoisotopic (exact) mass is 313 g/mol. The van der Waals surface area contributed by atoms with E-state index in [-0.39, 0.29) is 12.3 Å². The van der Waals surface area contributed by atoms with Crippen molar-refractivity contribution in [3.63, 3.8) is 0 Å². The molecule has 0 radical (unpaired) electrons. The lowest BCUT2D eigenvalue weighted by Gasteiger charge is -2.16. The number of aryl methyl sites for hydroxylation is 1. The van der Waals surface area contributed by atoms with Gasteiger partial charge in [-0.3, -0.25) is 9.59 Å². The van der Waals surface area contributed by atoms with Gasteiger partial charge >= 0.3 is 0 Å². The minimum atomic E-state index is -1.07. The molecule has 0 unspecified atom stereocenters. The van der Waals surface area contributed by atoms with E-state index >= 15 is 0 Å². The van der Waals surface area contributed by atoms with E-state index in [9.17, 15) is 14.0 Å². The number of nitrogens with one attached hydrogen (secondary N) is 1. The van der Waals surface area contributed by atoms with E-state index < -0.39 is 18.5 Å². The molecule has 2 aromatic carbocycles. The van der Waals surface area contributed by atoms with Crippen LogP contribution in [0.2, 0.25) is 0 Å². The summed E-state index contributed by atoms with van der Waals surface area (Å²) in [4.78, 5) is 23.8. The second-order valence-electron chi connectivity index (χ2n) is 5.40. The number of halogens is 1. The zero-order chi connectivity index (χ0) is 16.5. The zero-order valence-corrected chi connectivity index (χ0v) is 12.9. The minimum Gasteiger partial charge on any atom is -0.346 e. The van der Waals surface area contributed by atoms with Crippen molar-refractivity contribution < 1.29 is 14.0 Å². The second kappa shape index (κ2) is 8.83. The maximum absolute atomic E-state index is 12.7. The number of hydrogen-bond donors (Lipinski definition) is 1. The van der Waals surface area contributed by atoms with E-state index in [4.69, 9.17) is 0 Å². The van der Waals surface area contributed by atoms with Gasteiger partial charge in [0.05, 0.1) is 6.04 Å². The molecule has 4 heteroatoms. The maximum Gasteiger partial charge on any atom is 0.220 e. The molecule has 120 valence electrons. The number of amides is 1. The van der Waals surface area contributed by atoms with Crippen LogP contribution >= 0.6 is 0 Å². The molecule has 0 saturated carbocycles. The summed E-state index contributed by atoms with van der Waals surface area (Å²) in [5, 5.41) is 2.66. The molecule has 0 aliphatic heterocycles. The Morgan fingerprint density at radius 1 is 0.913 bits per heavy atom. The van der Waals surface area contributed by atoms with Crippen LogP contribution in [0.4, 0.5) is 4.39 Å². The first-order valence-corrected chi connectivity index (χ1v) is 7.65. The molecule has 2 rings (SSSR count). The molecule has 1 atom stereocenters. The third kappa shape index (κ3) is 5.66. The Labute approximate surface area is 135 Å². The van der Waals surface area contributed by atoms with E-state index in [0.29, 0.717) is 12.8 Å². The maximum atomic E-state index is 12.7. The molecule has 0 heterocycles. The molecule has 0 fully saturated rings. The van der Waals surface area contributed by atoms with Crippen LogP contribution in [0.25, 0.3) is 0 Å². The number of alkyl halides is 1. The van der Waals surface area contributed by atoms with E-state index in [0.717, 1.165) is 11.1 Å². The van der Waals surface area contributed by atoms with Crippen molar-refractivity contribution in [3.05, 3.63) is 71.8 Å². The summed E-state index contributed by atoms with van der Waals surface area (Å²) in [6, 6.07) is 18.1. The molecule has 0 aliphatic carbocycles. The van der Waals surface area contributed by atoms with E-state index in [2.05, 4.69) is 5.32 Å². The highest BCUT2D eigenvalue weighted by Gasteiger charge is 2.20. The molecule has 0 aromatic heterocycles. The predicted octanol–water partition coefficient (Wildman–Crippen LogP) is 2.89. The molecule has 1 amide bonds. The number of carbonyl (C=O) groups excluding carboxylic acids is 2. The van der Waals surface area contributed by atoms with Crippen LogP contribution in [0.5, 0.6) is 0 Å². The third-order valence-corrected chi connectivity index (χ3v) is 3.62. The Balaban J connectivity index is 1.91. The summed E-state index contributed by atoms with van der Waals surface area (Å²) in [6.07, 6.45) is 1.17. The average molecular weight is 313 g/mol. The number of ketones is 1.